The Morgan fingerprint density at radius 3 is 2.61 bits per heavy atom. The number of rotatable bonds is 6. The molecule has 0 radical (unpaired) electrons. The second kappa shape index (κ2) is 6.83. The van der Waals surface area contributed by atoms with Crippen LogP contribution in [0.3, 0.4) is 0 Å². The maximum atomic E-state index is 12.2. The molecule has 96 valence electrons. The fourth-order valence-corrected chi connectivity index (χ4v) is 4.09. The first kappa shape index (κ1) is 13.5. The van der Waals surface area contributed by atoms with Crippen molar-refractivity contribution >= 4 is 22.1 Å². The second-order valence-electron chi connectivity index (χ2n) is 3.97. The van der Waals surface area contributed by atoms with Gasteiger partial charge in [0.25, 0.3) is 0 Å². The van der Waals surface area contributed by atoms with Crippen LogP contribution in [0.1, 0.15) is 18.5 Å². The van der Waals surface area contributed by atoms with Crippen molar-refractivity contribution in [3.8, 4) is 0 Å². The van der Waals surface area contributed by atoms with E-state index in [1.54, 1.807) is 11.3 Å². The van der Waals surface area contributed by atoms with Crippen LogP contribution in [0.4, 0.5) is 0 Å². The van der Waals surface area contributed by atoms with E-state index in [0.29, 0.717) is 5.75 Å². The van der Waals surface area contributed by atoms with E-state index >= 15 is 0 Å². The Balaban J connectivity index is 2.10. The smallest absolute Gasteiger partial charge is 0.0911 e. The largest absolute Gasteiger partial charge is 0.309 e. The molecular formula is C14H17NOS2. The van der Waals surface area contributed by atoms with Crippen LogP contribution in [-0.2, 0) is 10.8 Å². The van der Waals surface area contributed by atoms with Gasteiger partial charge in [-0.15, -0.1) is 11.3 Å². The van der Waals surface area contributed by atoms with Gasteiger partial charge in [-0.05, 0) is 23.6 Å². The number of hydrogen-bond acceptors (Lipinski definition) is 3. The van der Waals surface area contributed by atoms with E-state index in [2.05, 4.69) is 24.4 Å². The van der Waals surface area contributed by atoms with Crippen LogP contribution in [-0.4, -0.2) is 16.5 Å². The lowest BCUT2D eigenvalue weighted by Crippen LogP contribution is -2.25. The van der Waals surface area contributed by atoms with E-state index in [1.165, 1.54) is 5.56 Å². The molecule has 1 N–H and O–H groups in total. The zero-order chi connectivity index (χ0) is 12.8. The third-order valence-electron chi connectivity index (χ3n) is 2.69. The molecule has 0 aliphatic rings. The van der Waals surface area contributed by atoms with Crippen LogP contribution in [0.5, 0.6) is 0 Å². The van der Waals surface area contributed by atoms with Crippen molar-refractivity contribution in [2.75, 3.05) is 12.3 Å². The van der Waals surface area contributed by atoms with E-state index in [9.17, 15) is 4.21 Å². The highest BCUT2D eigenvalue weighted by Crippen LogP contribution is 2.20. The van der Waals surface area contributed by atoms with Gasteiger partial charge in [-0.2, -0.15) is 0 Å². The molecule has 1 heterocycles. The Hall–Kier alpha value is -0.970. The molecule has 0 saturated heterocycles. The molecule has 2 rings (SSSR count). The van der Waals surface area contributed by atoms with Crippen molar-refractivity contribution < 1.29 is 4.21 Å². The first-order valence-electron chi connectivity index (χ1n) is 6.01. The van der Waals surface area contributed by atoms with E-state index in [1.807, 2.05) is 35.7 Å². The quantitative estimate of drug-likeness (QED) is 0.880. The van der Waals surface area contributed by atoms with Crippen molar-refractivity contribution in [3.05, 3.63) is 53.4 Å². The molecule has 1 aromatic carbocycles. The van der Waals surface area contributed by atoms with Crippen molar-refractivity contribution in [3.63, 3.8) is 0 Å². The standard InChI is InChI=1S/C14H17NOS2/c1-2-15-13(12-7-4-3-5-8-12)11-18(16)14-9-6-10-17-14/h3-10,13,15H,2,11H2,1H3. The predicted octanol–water partition coefficient (Wildman–Crippen LogP) is 3.21. The molecule has 0 spiro atoms. The minimum atomic E-state index is -0.928. The molecule has 2 atom stereocenters. The Kier molecular flexibility index (Phi) is 5.11. The van der Waals surface area contributed by atoms with Gasteiger partial charge in [0.05, 0.1) is 15.0 Å². The maximum Gasteiger partial charge on any atom is 0.0911 e. The van der Waals surface area contributed by atoms with Crippen LogP contribution >= 0.6 is 11.3 Å². The van der Waals surface area contributed by atoms with Gasteiger partial charge in [0.1, 0.15) is 0 Å². The van der Waals surface area contributed by atoms with Gasteiger partial charge in [0, 0.05) is 11.8 Å². The lowest BCUT2D eigenvalue weighted by molar-refractivity contribution is 0.595. The minimum Gasteiger partial charge on any atom is -0.309 e. The molecule has 2 aromatic rings. The zero-order valence-corrected chi connectivity index (χ0v) is 12.0. The Bertz CT molecular complexity index is 482. The molecule has 18 heavy (non-hydrogen) atoms. The van der Waals surface area contributed by atoms with Crippen LogP contribution < -0.4 is 5.32 Å². The van der Waals surface area contributed by atoms with Crippen molar-refractivity contribution in [1.82, 2.24) is 5.32 Å². The van der Waals surface area contributed by atoms with E-state index in [0.717, 1.165) is 10.8 Å². The van der Waals surface area contributed by atoms with E-state index < -0.39 is 10.8 Å². The monoisotopic (exact) mass is 279 g/mol. The van der Waals surface area contributed by atoms with Crippen molar-refractivity contribution in [2.24, 2.45) is 0 Å². The zero-order valence-electron chi connectivity index (χ0n) is 10.3. The summed E-state index contributed by atoms with van der Waals surface area (Å²) in [5.41, 5.74) is 1.20. The topological polar surface area (TPSA) is 29.1 Å². The first-order valence-corrected chi connectivity index (χ1v) is 8.21. The van der Waals surface area contributed by atoms with E-state index in [4.69, 9.17) is 0 Å². The fourth-order valence-electron chi connectivity index (χ4n) is 1.83. The lowest BCUT2D eigenvalue weighted by Gasteiger charge is -2.17. The fraction of sp³-hybridized carbons (Fsp3) is 0.286. The highest BCUT2D eigenvalue weighted by atomic mass is 32.2. The van der Waals surface area contributed by atoms with Gasteiger partial charge in [0.15, 0.2) is 0 Å². The normalized spacial score (nSPS) is 14.3. The summed E-state index contributed by atoms with van der Waals surface area (Å²) < 4.78 is 13.2. The van der Waals surface area contributed by atoms with Crippen LogP contribution in [0.2, 0.25) is 0 Å². The van der Waals surface area contributed by atoms with Gasteiger partial charge in [0.2, 0.25) is 0 Å². The third-order valence-corrected chi connectivity index (χ3v) is 5.42. The summed E-state index contributed by atoms with van der Waals surface area (Å²) in [4.78, 5) is 0. The molecule has 1 aromatic heterocycles. The summed E-state index contributed by atoms with van der Waals surface area (Å²) in [6, 6.07) is 14.2. The Morgan fingerprint density at radius 1 is 1.22 bits per heavy atom. The van der Waals surface area contributed by atoms with Gasteiger partial charge < -0.3 is 5.32 Å². The first-order chi connectivity index (χ1) is 8.81. The summed E-state index contributed by atoms with van der Waals surface area (Å²) in [6.07, 6.45) is 0. The summed E-state index contributed by atoms with van der Waals surface area (Å²) in [5, 5.41) is 5.37. The Labute approximate surface area is 115 Å². The average molecular weight is 279 g/mol. The van der Waals surface area contributed by atoms with Crippen molar-refractivity contribution in [1.29, 1.82) is 0 Å². The van der Waals surface area contributed by atoms with Gasteiger partial charge >= 0.3 is 0 Å². The van der Waals surface area contributed by atoms with Gasteiger partial charge in [-0.1, -0.05) is 43.3 Å². The molecule has 0 fully saturated rings. The Morgan fingerprint density at radius 2 is 2.00 bits per heavy atom. The predicted molar refractivity (Wildman–Crippen MR) is 78.5 cm³/mol. The number of thiophene rings is 1. The molecule has 0 amide bonds. The highest BCUT2D eigenvalue weighted by Gasteiger charge is 2.15. The molecule has 0 saturated carbocycles. The van der Waals surface area contributed by atoms with Gasteiger partial charge in [-0.3, -0.25) is 4.21 Å². The molecule has 0 bridgehead atoms. The summed E-state index contributed by atoms with van der Waals surface area (Å²) in [6.45, 7) is 2.95. The summed E-state index contributed by atoms with van der Waals surface area (Å²) >= 11 is 1.56. The molecule has 0 aliphatic carbocycles. The molecule has 4 heteroatoms. The third kappa shape index (κ3) is 3.51. The lowest BCUT2D eigenvalue weighted by atomic mass is 10.1. The van der Waals surface area contributed by atoms with Crippen LogP contribution in [0.15, 0.2) is 52.1 Å². The molecule has 0 aliphatic heterocycles. The number of hydrogen-bond donors (Lipinski definition) is 1. The maximum absolute atomic E-state index is 12.2. The second-order valence-corrected chi connectivity index (χ2v) is 6.64. The summed E-state index contributed by atoms with van der Waals surface area (Å²) in [5.74, 6) is 0.623. The van der Waals surface area contributed by atoms with E-state index in [-0.39, 0.29) is 6.04 Å². The number of nitrogens with one attached hydrogen (secondary N) is 1. The molecule has 2 unspecified atom stereocenters. The van der Waals surface area contributed by atoms with Gasteiger partial charge in [-0.25, -0.2) is 0 Å². The molecular weight excluding hydrogens is 262 g/mol. The van der Waals surface area contributed by atoms with Crippen molar-refractivity contribution in [2.45, 2.75) is 17.2 Å². The highest BCUT2D eigenvalue weighted by molar-refractivity contribution is 7.87. The van der Waals surface area contributed by atoms with Crippen LogP contribution in [0, 0.1) is 0 Å². The van der Waals surface area contributed by atoms with Crippen LogP contribution in [0.25, 0.3) is 0 Å². The average Bonchev–Trinajstić information content (AvgIpc) is 2.93. The molecule has 2 nitrogen and oxygen atoms in total. The SMILES string of the molecule is CCNC(CS(=O)c1cccs1)c1ccccc1. The minimum absolute atomic E-state index is 0.152. The number of benzene rings is 1. The summed E-state index contributed by atoms with van der Waals surface area (Å²) in [7, 11) is -0.928.